The van der Waals surface area contributed by atoms with Gasteiger partial charge in [0.1, 0.15) is 0 Å². The number of rotatable bonds is 7. The number of hydrogen-bond donors (Lipinski definition) is 0. The van der Waals surface area contributed by atoms with Crippen molar-refractivity contribution in [2.45, 2.75) is 43.2 Å². The third-order valence-electron chi connectivity index (χ3n) is 9.34. The van der Waals surface area contributed by atoms with Crippen molar-refractivity contribution in [3.05, 3.63) is 137 Å². The molecule has 0 aromatic heterocycles. The van der Waals surface area contributed by atoms with Gasteiger partial charge in [0.25, 0.3) is 0 Å². The van der Waals surface area contributed by atoms with E-state index < -0.39 is 27.4 Å². The van der Waals surface area contributed by atoms with Crippen LogP contribution < -0.4 is 13.6 Å². The van der Waals surface area contributed by atoms with E-state index >= 15 is 0 Å². The van der Waals surface area contributed by atoms with E-state index in [0.717, 1.165) is 12.8 Å². The van der Waals surface area contributed by atoms with Crippen LogP contribution in [0.25, 0.3) is 33.9 Å². The summed E-state index contributed by atoms with van der Waals surface area (Å²) in [5.41, 5.74) is 13.4. The fraction of sp³-hybridized carbons (Fsp3) is 0.179. The molecule has 0 saturated carbocycles. The number of hydrogen-bond acceptors (Lipinski definition) is 0. The van der Waals surface area contributed by atoms with Crippen LogP contribution in [0.15, 0.2) is 109 Å². The average Bonchev–Trinajstić information content (AvgIpc) is 3.61. The summed E-state index contributed by atoms with van der Waals surface area (Å²) in [6.45, 7) is 6.87. The van der Waals surface area contributed by atoms with E-state index in [0.29, 0.717) is 5.92 Å². The quantitative estimate of drug-likeness (QED) is 0.147. The standard InChI is InChI=1S/C27H27.C12H9Si.2ClH.Zr/c1-4-10-21-15-16-22-17-23(20-11-6-5-7-12-20)18-26(22)27(21)25-14-9-8-13-24(25)19(2)3;1-3-7-11-9(5-1)10-6-2-4-8-12(10)13-11;;;/h5-9,11-19H,4,10H2,1-3H3;1-7H,13H2;2*1H;/q;;;;+2/p-2. The van der Waals surface area contributed by atoms with Gasteiger partial charge in [-0.15, -0.1) is 0 Å². The summed E-state index contributed by atoms with van der Waals surface area (Å²) in [6, 6.07) is 40.2. The molecule has 1 atom stereocenters. The van der Waals surface area contributed by atoms with Gasteiger partial charge < -0.3 is 0 Å². The molecule has 1 unspecified atom stereocenters. The molecule has 1 heterocycles. The SMILES string of the molecule is CCCc1ccc2c(c1-c1ccccc1C(C)C)C=C(c1ccccc1)[CH]2[Zr]([Cl])([Cl])[c]1cccc2c1[SiH2]c1ccccc1-2. The number of fused-ring (bicyclic) bond motifs is 4. The molecule has 7 rings (SSSR count). The molecule has 0 radical (unpaired) electrons. The summed E-state index contributed by atoms with van der Waals surface area (Å²) in [4.78, 5) is 0. The van der Waals surface area contributed by atoms with E-state index in [9.17, 15) is 0 Å². The Labute approximate surface area is 270 Å². The van der Waals surface area contributed by atoms with Gasteiger partial charge >= 0.3 is 272 Å². The van der Waals surface area contributed by atoms with Gasteiger partial charge in [-0.1, -0.05) is 0 Å². The van der Waals surface area contributed by atoms with Crippen LogP contribution in [-0.4, -0.2) is 9.52 Å². The summed E-state index contributed by atoms with van der Waals surface area (Å²) in [5, 5.41) is 2.97. The first-order valence-electron chi connectivity index (χ1n) is 15.5. The van der Waals surface area contributed by atoms with Crippen LogP contribution in [0.3, 0.4) is 0 Å². The fourth-order valence-corrected chi connectivity index (χ4v) is 23.9. The zero-order valence-corrected chi connectivity index (χ0v) is 30.4. The maximum absolute atomic E-state index is 8.00. The normalized spacial score (nSPS) is 15.9. The molecule has 43 heavy (non-hydrogen) atoms. The molecule has 0 nitrogen and oxygen atoms in total. The summed E-state index contributed by atoms with van der Waals surface area (Å²) in [5.74, 6) is 0.425. The first kappa shape index (κ1) is 29.2. The van der Waals surface area contributed by atoms with Crippen molar-refractivity contribution in [3.8, 4) is 22.3 Å². The zero-order chi connectivity index (χ0) is 29.7. The number of allylic oxidation sites excluding steroid dienone is 1. The number of halogens is 2. The minimum absolute atomic E-state index is 0.000107. The molecule has 4 heteroatoms. The Bertz CT molecular complexity index is 1870. The van der Waals surface area contributed by atoms with Crippen LogP contribution in [0, 0.1) is 0 Å². The summed E-state index contributed by atoms with van der Waals surface area (Å²) in [7, 11) is 15.3. The molecule has 2 aliphatic rings. The Hall–Kier alpha value is -2.48. The van der Waals surface area contributed by atoms with Gasteiger partial charge in [0.2, 0.25) is 0 Å². The van der Waals surface area contributed by atoms with Crippen molar-refractivity contribution in [2.75, 3.05) is 0 Å². The van der Waals surface area contributed by atoms with Gasteiger partial charge in [0, 0.05) is 0 Å². The van der Waals surface area contributed by atoms with Gasteiger partial charge in [-0.3, -0.25) is 0 Å². The Kier molecular flexibility index (Phi) is 8.02. The van der Waals surface area contributed by atoms with Crippen LogP contribution in [0.5, 0.6) is 0 Å². The van der Waals surface area contributed by atoms with Gasteiger partial charge in [0.05, 0.1) is 0 Å². The molecule has 5 aromatic carbocycles. The van der Waals surface area contributed by atoms with E-state index in [-0.39, 0.29) is 3.63 Å². The predicted molar refractivity (Wildman–Crippen MR) is 188 cm³/mol. The minimum atomic E-state index is -4.14. The zero-order valence-electron chi connectivity index (χ0n) is 25.0. The van der Waals surface area contributed by atoms with Crippen LogP contribution in [0.2, 0.25) is 0 Å². The first-order chi connectivity index (χ1) is 20.9. The van der Waals surface area contributed by atoms with Crippen molar-refractivity contribution in [1.82, 2.24) is 0 Å². The van der Waals surface area contributed by atoms with E-state index in [1.807, 2.05) is 0 Å². The number of benzene rings is 5. The van der Waals surface area contributed by atoms with Crippen LogP contribution >= 0.6 is 17.0 Å². The van der Waals surface area contributed by atoms with Crippen molar-refractivity contribution in [2.24, 2.45) is 0 Å². The van der Waals surface area contributed by atoms with Gasteiger partial charge in [-0.05, 0) is 0 Å². The molecule has 1 aliphatic carbocycles. The topological polar surface area (TPSA) is 0 Å². The molecule has 0 fully saturated rings. The molecule has 0 bridgehead atoms. The molecular weight excluding hydrogens is 659 g/mol. The molecule has 1 aliphatic heterocycles. The van der Waals surface area contributed by atoms with Crippen LogP contribution in [0.1, 0.15) is 64.6 Å². The summed E-state index contributed by atoms with van der Waals surface area (Å²) >= 11 is -4.14. The van der Waals surface area contributed by atoms with Gasteiger partial charge in [-0.25, -0.2) is 0 Å². The Morgan fingerprint density at radius 3 is 2.21 bits per heavy atom. The second-order valence-corrected chi connectivity index (χ2v) is 28.1. The molecular formula is C39H36Cl2SiZr. The Morgan fingerprint density at radius 2 is 1.44 bits per heavy atom. The second-order valence-electron chi connectivity index (χ2n) is 12.3. The molecule has 0 saturated heterocycles. The third kappa shape index (κ3) is 5.00. The third-order valence-corrected chi connectivity index (χ3v) is 23.5. The monoisotopic (exact) mass is 692 g/mol. The summed E-state index contributed by atoms with van der Waals surface area (Å²) < 4.78 is 1.28. The molecule has 5 aromatic rings. The Balaban J connectivity index is 1.48. The average molecular weight is 695 g/mol. The summed E-state index contributed by atoms with van der Waals surface area (Å²) in [6.07, 6.45) is 4.59. The van der Waals surface area contributed by atoms with Crippen molar-refractivity contribution in [3.63, 3.8) is 0 Å². The molecule has 0 amide bonds. The van der Waals surface area contributed by atoms with Crippen molar-refractivity contribution >= 4 is 51.8 Å². The second kappa shape index (κ2) is 11.8. The van der Waals surface area contributed by atoms with E-state index in [2.05, 4.69) is 136 Å². The fourth-order valence-electron chi connectivity index (χ4n) is 7.41. The van der Waals surface area contributed by atoms with Gasteiger partial charge in [0.15, 0.2) is 0 Å². The maximum atomic E-state index is 8.00. The Morgan fingerprint density at radius 1 is 0.744 bits per heavy atom. The molecule has 214 valence electrons. The van der Waals surface area contributed by atoms with Crippen molar-refractivity contribution in [1.29, 1.82) is 0 Å². The van der Waals surface area contributed by atoms with Gasteiger partial charge in [-0.2, -0.15) is 0 Å². The van der Waals surface area contributed by atoms with Crippen LogP contribution in [0.4, 0.5) is 0 Å². The predicted octanol–water partition coefficient (Wildman–Crippen LogP) is 8.91. The van der Waals surface area contributed by atoms with E-state index in [4.69, 9.17) is 17.0 Å². The van der Waals surface area contributed by atoms with Crippen molar-refractivity contribution < 1.29 is 17.9 Å². The number of aryl methyl sites for hydroxylation is 1. The van der Waals surface area contributed by atoms with E-state index in [1.54, 1.807) is 0 Å². The van der Waals surface area contributed by atoms with Crippen LogP contribution in [-0.2, 0) is 24.3 Å². The molecule has 0 N–H and O–H groups in total. The first-order valence-corrected chi connectivity index (χ1v) is 25.9. The van der Waals surface area contributed by atoms with E-state index in [1.165, 1.54) is 69.3 Å². The molecule has 0 spiro atoms.